The van der Waals surface area contributed by atoms with Crippen molar-refractivity contribution in [2.24, 2.45) is 5.92 Å². The van der Waals surface area contributed by atoms with Crippen molar-refractivity contribution in [2.75, 3.05) is 13.1 Å². The highest BCUT2D eigenvalue weighted by atomic mass is 35.5. The number of hydrazine groups is 1. The number of hydrogen-bond acceptors (Lipinski definition) is 4. The summed E-state index contributed by atoms with van der Waals surface area (Å²) >= 11 is 6.25. The average molecular weight is 434 g/mol. The van der Waals surface area contributed by atoms with Crippen LogP contribution in [0.15, 0.2) is 42.5 Å². The Morgan fingerprint density at radius 1 is 1.03 bits per heavy atom. The van der Waals surface area contributed by atoms with Gasteiger partial charge in [-0.25, -0.2) is 19.6 Å². The molecule has 2 N–H and O–H groups in total. The number of likely N-dealkylation sites (tertiary alicyclic amines) is 1. The third kappa shape index (κ3) is 4.24. The zero-order valence-corrected chi connectivity index (χ0v) is 17.0. The number of rotatable bonds is 4. The maximum absolute atomic E-state index is 13.9. The number of amides is 1. The summed E-state index contributed by atoms with van der Waals surface area (Å²) in [4.78, 5) is 27.2. The number of halogens is 3. The van der Waals surface area contributed by atoms with Gasteiger partial charge >= 0.3 is 0 Å². The number of ketones is 1. The fourth-order valence-electron chi connectivity index (χ4n) is 4.17. The van der Waals surface area contributed by atoms with E-state index >= 15 is 0 Å². The first-order chi connectivity index (χ1) is 14.4. The van der Waals surface area contributed by atoms with Crippen LogP contribution in [0, 0.1) is 17.6 Å². The van der Waals surface area contributed by atoms with Crippen LogP contribution in [0.4, 0.5) is 8.78 Å². The van der Waals surface area contributed by atoms with E-state index in [9.17, 15) is 18.4 Å². The van der Waals surface area contributed by atoms with Gasteiger partial charge in [0.05, 0.1) is 5.56 Å². The van der Waals surface area contributed by atoms with Crippen LogP contribution in [0.5, 0.6) is 0 Å². The fraction of sp³-hybridized carbons (Fsp3) is 0.364. The van der Waals surface area contributed by atoms with Crippen molar-refractivity contribution >= 4 is 23.3 Å². The Morgan fingerprint density at radius 2 is 1.77 bits per heavy atom. The van der Waals surface area contributed by atoms with Crippen LogP contribution in [-0.4, -0.2) is 35.7 Å². The van der Waals surface area contributed by atoms with Gasteiger partial charge in [-0.15, -0.1) is 0 Å². The van der Waals surface area contributed by atoms with Crippen LogP contribution < -0.4 is 10.9 Å². The van der Waals surface area contributed by atoms with Crippen LogP contribution in [0.3, 0.4) is 0 Å². The minimum absolute atomic E-state index is 0.0418. The van der Waals surface area contributed by atoms with Gasteiger partial charge in [-0.05, 0) is 49.1 Å². The van der Waals surface area contributed by atoms with Crippen molar-refractivity contribution in [3.8, 4) is 0 Å². The summed E-state index contributed by atoms with van der Waals surface area (Å²) in [5, 5.41) is 0.647. The quantitative estimate of drug-likeness (QED) is 0.723. The Balaban J connectivity index is 1.34. The smallest absolute Gasteiger partial charge is 0.241 e. The third-order valence-electron chi connectivity index (χ3n) is 5.85. The van der Waals surface area contributed by atoms with Gasteiger partial charge in [0, 0.05) is 30.1 Å². The normalized spacial score (nSPS) is 22.3. The summed E-state index contributed by atoms with van der Waals surface area (Å²) in [6.07, 6.45) is 1.42. The number of Topliss-reactive ketones (excluding diaryl/α,β-unsaturated/α-hetero) is 1. The van der Waals surface area contributed by atoms with Crippen LogP contribution in [0.1, 0.15) is 41.2 Å². The second kappa shape index (κ2) is 8.79. The van der Waals surface area contributed by atoms with Gasteiger partial charge in [0.25, 0.3) is 0 Å². The summed E-state index contributed by atoms with van der Waals surface area (Å²) < 4.78 is 27.3. The maximum atomic E-state index is 13.9. The van der Waals surface area contributed by atoms with E-state index in [0.717, 1.165) is 23.8 Å². The summed E-state index contributed by atoms with van der Waals surface area (Å²) in [5.74, 6) is -2.22. The molecule has 158 valence electrons. The number of piperidine rings is 1. The Morgan fingerprint density at radius 3 is 2.50 bits per heavy atom. The summed E-state index contributed by atoms with van der Waals surface area (Å²) in [7, 11) is 0. The number of nitrogens with zero attached hydrogens (tertiary/aromatic N) is 1. The molecule has 2 aliphatic rings. The highest BCUT2D eigenvalue weighted by molar-refractivity contribution is 6.31. The van der Waals surface area contributed by atoms with Crippen molar-refractivity contribution < 1.29 is 18.4 Å². The highest BCUT2D eigenvalue weighted by Crippen LogP contribution is 2.30. The molecular weight excluding hydrogens is 412 g/mol. The van der Waals surface area contributed by atoms with E-state index in [1.165, 1.54) is 0 Å². The van der Waals surface area contributed by atoms with E-state index in [0.29, 0.717) is 37.4 Å². The van der Waals surface area contributed by atoms with Gasteiger partial charge < -0.3 is 4.90 Å². The standard InChI is InChI=1S/C22H22ClF2N3O2/c23-17-4-2-1-3-15(17)19-12-20(27-26-19)22(30)28-9-7-13(8-10-28)21(29)16-11-14(24)5-6-18(16)25/h1-6,11,13,19-20,26-27H,7-10,12H2. The van der Waals surface area contributed by atoms with Crippen molar-refractivity contribution in [1.82, 2.24) is 15.8 Å². The lowest BCUT2D eigenvalue weighted by Crippen LogP contribution is -2.49. The van der Waals surface area contributed by atoms with Crippen LogP contribution in [0.2, 0.25) is 5.02 Å². The lowest BCUT2D eigenvalue weighted by molar-refractivity contribution is -0.134. The number of carbonyl (C=O) groups is 2. The lowest BCUT2D eigenvalue weighted by Gasteiger charge is -2.33. The van der Waals surface area contributed by atoms with Crippen LogP contribution in [0.25, 0.3) is 0 Å². The molecule has 2 fully saturated rings. The molecule has 2 saturated heterocycles. The third-order valence-corrected chi connectivity index (χ3v) is 6.20. The molecule has 0 spiro atoms. The topological polar surface area (TPSA) is 61.4 Å². The predicted molar refractivity (Wildman–Crippen MR) is 109 cm³/mol. The first kappa shape index (κ1) is 20.9. The first-order valence-electron chi connectivity index (χ1n) is 9.97. The molecule has 2 aromatic carbocycles. The number of hydrogen-bond donors (Lipinski definition) is 2. The zero-order valence-electron chi connectivity index (χ0n) is 16.2. The largest absolute Gasteiger partial charge is 0.341 e. The molecule has 2 aliphatic heterocycles. The molecule has 0 aliphatic carbocycles. The number of nitrogens with one attached hydrogen (secondary N) is 2. The summed E-state index contributed by atoms with van der Waals surface area (Å²) in [6, 6.07) is 9.95. The fourth-order valence-corrected chi connectivity index (χ4v) is 4.44. The molecule has 2 unspecified atom stereocenters. The van der Waals surface area contributed by atoms with Gasteiger partial charge in [-0.3, -0.25) is 9.59 Å². The van der Waals surface area contributed by atoms with E-state index in [1.807, 2.05) is 24.3 Å². The predicted octanol–water partition coefficient (Wildman–Crippen LogP) is 3.65. The molecule has 0 radical (unpaired) electrons. The van der Waals surface area contributed by atoms with Gasteiger partial charge in [-0.2, -0.15) is 0 Å². The molecule has 0 bridgehead atoms. The molecule has 0 aromatic heterocycles. The van der Waals surface area contributed by atoms with Gasteiger partial charge in [0.2, 0.25) is 5.91 Å². The lowest BCUT2D eigenvalue weighted by atomic mass is 9.88. The minimum Gasteiger partial charge on any atom is -0.341 e. The molecule has 2 heterocycles. The Kier molecular flexibility index (Phi) is 6.13. The molecule has 4 rings (SSSR count). The van der Waals surface area contributed by atoms with E-state index in [1.54, 1.807) is 4.90 Å². The van der Waals surface area contributed by atoms with Gasteiger partial charge in [-0.1, -0.05) is 29.8 Å². The van der Waals surface area contributed by atoms with E-state index < -0.39 is 23.3 Å². The first-order valence-corrected chi connectivity index (χ1v) is 10.4. The second-order valence-electron chi connectivity index (χ2n) is 7.74. The van der Waals surface area contributed by atoms with E-state index in [-0.39, 0.29) is 23.6 Å². The Labute approximate surface area is 178 Å². The molecule has 2 aromatic rings. The van der Waals surface area contributed by atoms with Gasteiger partial charge in [0.1, 0.15) is 17.7 Å². The molecule has 5 nitrogen and oxygen atoms in total. The number of carbonyl (C=O) groups excluding carboxylic acids is 2. The van der Waals surface area contributed by atoms with Crippen molar-refractivity contribution in [3.63, 3.8) is 0 Å². The van der Waals surface area contributed by atoms with Crippen molar-refractivity contribution in [2.45, 2.75) is 31.3 Å². The zero-order chi connectivity index (χ0) is 21.3. The van der Waals surface area contributed by atoms with Crippen LogP contribution >= 0.6 is 11.6 Å². The number of benzene rings is 2. The average Bonchev–Trinajstić information content (AvgIpc) is 3.25. The van der Waals surface area contributed by atoms with Crippen molar-refractivity contribution in [3.05, 3.63) is 70.2 Å². The monoisotopic (exact) mass is 433 g/mol. The van der Waals surface area contributed by atoms with Gasteiger partial charge in [0.15, 0.2) is 5.78 Å². The SMILES string of the molecule is O=C(c1cc(F)ccc1F)C1CCN(C(=O)C2CC(c3ccccc3Cl)NN2)CC1. The van der Waals surface area contributed by atoms with Crippen molar-refractivity contribution in [1.29, 1.82) is 0 Å². The second-order valence-corrected chi connectivity index (χ2v) is 8.15. The van der Waals surface area contributed by atoms with E-state index in [4.69, 9.17) is 11.6 Å². The summed E-state index contributed by atoms with van der Waals surface area (Å²) in [5.41, 5.74) is 6.89. The highest BCUT2D eigenvalue weighted by Gasteiger charge is 2.36. The molecule has 2 atom stereocenters. The molecule has 1 amide bonds. The molecular formula is C22H22ClF2N3O2. The maximum Gasteiger partial charge on any atom is 0.241 e. The summed E-state index contributed by atoms with van der Waals surface area (Å²) in [6.45, 7) is 0.808. The molecule has 30 heavy (non-hydrogen) atoms. The Bertz CT molecular complexity index is 963. The minimum atomic E-state index is -0.716. The van der Waals surface area contributed by atoms with Crippen LogP contribution in [-0.2, 0) is 4.79 Å². The van der Waals surface area contributed by atoms with E-state index in [2.05, 4.69) is 10.9 Å². The molecule has 8 heteroatoms. The Hall–Kier alpha value is -2.35. The molecule has 0 saturated carbocycles.